The Morgan fingerprint density at radius 3 is 2.58 bits per heavy atom. The van der Waals surface area contributed by atoms with Crippen LogP contribution in [0.4, 0.5) is 24.8 Å². The maximum atomic E-state index is 15.0. The molecule has 0 bridgehead atoms. The summed E-state index contributed by atoms with van der Waals surface area (Å²) >= 11 is 0. The van der Waals surface area contributed by atoms with Crippen LogP contribution >= 0.6 is 0 Å². The van der Waals surface area contributed by atoms with E-state index in [1.165, 1.54) is 36.4 Å². The topological polar surface area (TPSA) is 109 Å². The number of fused-ring (bicyclic) bond motifs is 1. The van der Waals surface area contributed by atoms with Crippen molar-refractivity contribution in [1.29, 1.82) is 0 Å². The Balaban J connectivity index is 1.35. The smallest absolute Gasteiger partial charge is 0.237 e. The number of nitrogens with zero attached hydrogens (tertiary/aromatic N) is 3. The lowest BCUT2D eigenvalue weighted by molar-refractivity contribution is 0.282. The summed E-state index contributed by atoms with van der Waals surface area (Å²) in [6.07, 6.45) is 2.93. The quantitative estimate of drug-likeness (QED) is 0.264. The van der Waals surface area contributed by atoms with Gasteiger partial charge in [-0.1, -0.05) is 25.1 Å². The zero-order valence-electron chi connectivity index (χ0n) is 21.8. The SMILES string of the molecule is CCc1cc(-c2ccc(NS(=O)(=O)Cc3ccc(F)cc3)c(F)c2)nc2cnc(N[C@@H]3CNC[C@@H](CF)C3)nc12. The van der Waals surface area contributed by atoms with Gasteiger partial charge in [0.15, 0.2) is 0 Å². The summed E-state index contributed by atoms with van der Waals surface area (Å²) in [6.45, 7) is 2.95. The summed E-state index contributed by atoms with van der Waals surface area (Å²) in [5, 5.41) is 6.51. The lowest BCUT2D eigenvalue weighted by Gasteiger charge is -2.29. The maximum Gasteiger partial charge on any atom is 0.237 e. The highest BCUT2D eigenvalue weighted by Crippen LogP contribution is 2.28. The molecule has 4 aromatic rings. The molecule has 5 rings (SSSR count). The molecule has 1 aliphatic rings. The number of piperidine rings is 1. The van der Waals surface area contributed by atoms with Gasteiger partial charge in [0, 0.05) is 30.6 Å². The number of pyridine rings is 1. The monoisotopic (exact) mass is 570 g/mol. The number of hydrogen-bond acceptors (Lipinski definition) is 7. The van der Waals surface area contributed by atoms with Gasteiger partial charge in [0.05, 0.1) is 35.5 Å². The zero-order chi connectivity index (χ0) is 28.3. The number of nitrogens with one attached hydrogen (secondary N) is 3. The first-order valence-electron chi connectivity index (χ1n) is 13.0. The Hall–Kier alpha value is -3.77. The van der Waals surface area contributed by atoms with Crippen LogP contribution in [0.2, 0.25) is 0 Å². The predicted octanol–water partition coefficient (Wildman–Crippen LogP) is 4.83. The van der Waals surface area contributed by atoms with E-state index in [4.69, 9.17) is 0 Å². The molecule has 0 saturated carbocycles. The Kier molecular flexibility index (Phi) is 8.17. The summed E-state index contributed by atoms with van der Waals surface area (Å²) in [6, 6.07) is 11.1. The first-order chi connectivity index (χ1) is 19.2. The predicted molar refractivity (Wildman–Crippen MR) is 149 cm³/mol. The molecule has 2 aromatic heterocycles. The van der Waals surface area contributed by atoms with E-state index in [0.29, 0.717) is 59.7 Å². The molecule has 3 N–H and O–H groups in total. The first-order valence-corrected chi connectivity index (χ1v) is 14.6. The van der Waals surface area contributed by atoms with Gasteiger partial charge in [-0.2, -0.15) is 0 Å². The van der Waals surface area contributed by atoms with E-state index >= 15 is 4.39 Å². The minimum Gasteiger partial charge on any atom is -0.350 e. The summed E-state index contributed by atoms with van der Waals surface area (Å²) in [5.41, 5.74) is 3.22. The number of aromatic nitrogens is 3. The fourth-order valence-electron chi connectivity index (χ4n) is 4.78. The van der Waals surface area contributed by atoms with Gasteiger partial charge in [0.2, 0.25) is 16.0 Å². The van der Waals surface area contributed by atoms with Gasteiger partial charge in [-0.05, 0) is 54.3 Å². The van der Waals surface area contributed by atoms with Gasteiger partial charge in [0.1, 0.15) is 17.2 Å². The van der Waals surface area contributed by atoms with Crippen molar-refractivity contribution in [2.45, 2.75) is 31.6 Å². The second-order valence-electron chi connectivity index (χ2n) is 9.89. The normalized spacial score (nSPS) is 17.6. The van der Waals surface area contributed by atoms with Crippen molar-refractivity contribution in [3.63, 3.8) is 0 Å². The van der Waals surface area contributed by atoms with Crippen molar-refractivity contribution in [2.24, 2.45) is 5.92 Å². The minimum atomic E-state index is -3.93. The fourth-order valence-corrected chi connectivity index (χ4v) is 5.98. The molecule has 8 nitrogen and oxygen atoms in total. The molecule has 2 atom stereocenters. The first kappa shape index (κ1) is 27.8. The van der Waals surface area contributed by atoms with Gasteiger partial charge < -0.3 is 10.6 Å². The standard InChI is InChI=1S/C28H29F3N6O2S/c1-2-19-11-25(35-26-15-33-28(36-27(19)26)34-22-9-18(12-29)13-32-14-22)20-5-8-24(23(31)10-20)37-40(38,39)16-17-3-6-21(30)7-4-17/h3-8,10-11,15,18,22,32,37H,2,9,12-14,16H2,1H3,(H,33,34,36)/t18-,22+/m1/s1. The lowest BCUT2D eigenvalue weighted by Crippen LogP contribution is -2.44. The average molecular weight is 571 g/mol. The van der Waals surface area contributed by atoms with Crippen molar-refractivity contribution in [3.05, 3.63) is 77.5 Å². The fraction of sp³-hybridized carbons (Fsp3) is 0.321. The number of benzene rings is 2. The number of hydrogen-bond donors (Lipinski definition) is 3. The molecular weight excluding hydrogens is 541 g/mol. The second-order valence-corrected chi connectivity index (χ2v) is 11.6. The van der Waals surface area contributed by atoms with Gasteiger partial charge >= 0.3 is 0 Å². The summed E-state index contributed by atoms with van der Waals surface area (Å²) in [4.78, 5) is 13.7. The summed E-state index contributed by atoms with van der Waals surface area (Å²) in [5.74, 6) is -1.27. The Morgan fingerprint density at radius 1 is 1.05 bits per heavy atom. The maximum absolute atomic E-state index is 15.0. The van der Waals surface area contributed by atoms with Crippen LogP contribution in [-0.4, -0.2) is 49.2 Å². The molecule has 0 aliphatic carbocycles. The molecule has 1 fully saturated rings. The van der Waals surface area contributed by atoms with E-state index in [9.17, 15) is 17.2 Å². The van der Waals surface area contributed by atoms with Crippen LogP contribution in [0, 0.1) is 17.6 Å². The third-order valence-corrected chi connectivity index (χ3v) is 8.04. The molecule has 0 unspecified atom stereocenters. The third-order valence-electron chi connectivity index (χ3n) is 6.80. The molecule has 2 aromatic carbocycles. The highest BCUT2D eigenvalue weighted by Gasteiger charge is 2.22. The molecule has 210 valence electrons. The van der Waals surface area contributed by atoms with Gasteiger partial charge in [-0.15, -0.1) is 0 Å². The van der Waals surface area contributed by atoms with Gasteiger partial charge in [-0.25, -0.2) is 32.2 Å². The molecule has 12 heteroatoms. The van der Waals surface area contributed by atoms with E-state index in [-0.39, 0.29) is 24.3 Å². The number of aryl methyl sites for hydroxylation is 1. The summed E-state index contributed by atoms with van der Waals surface area (Å²) < 4.78 is 68.6. The molecule has 1 aliphatic heterocycles. The number of rotatable bonds is 9. The Morgan fingerprint density at radius 2 is 1.85 bits per heavy atom. The molecule has 40 heavy (non-hydrogen) atoms. The highest BCUT2D eigenvalue weighted by molar-refractivity contribution is 7.91. The van der Waals surface area contributed by atoms with E-state index < -0.39 is 27.4 Å². The average Bonchev–Trinajstić information content (AvgIpc) is 2.94. The van der Waals surface area contributed by atoms with Crippen molar-refractivity contribution in [3.8, 4) is 11.3 Å². The number of halogens is 3. The van der Waals surface area contributed by atoms with Crippen LogP contribution in [0.3, 0.4) is 0 Å². The number of anilines is 2. The molecule has 0 radical (unpaired) electrons. The van der Waals surface area contributed by atoms with Crippen molar-refractivity contribution < 1.29 is 21.6 Å². The van der Waals surface area contributed by atoms with E-state index in [1.807, 2.05) is 13.0 Å². The molecule has 0 spiro atoms. The molecule has 3 heterocycles. The lowest BCUT2D eigenvalue weighted by atomic mass is 9.97. The van der Waals surface area contributed by atoms with Crippen LogP contribution in [0.1, 0.15) is 24.5 Å². The number of sulfonamides is 1. The van der Waals surface area contributed by atoms with E-state index in [1.54, 1.807) is 12.3 Å². The van der Waals surface area contributed by atoms with Crippen LogP contribution in [0.15, 0.2) is 54.7 Å². The Labute approximate surface area is 230 Å². The van der Waals surface area contributed by atoms with E-state index in [2.05, 4.69) is 30.3 Å². The van der Waals surface area contributed by atoms with Gasteiger partial charge in [-0.3, -0.25) is 9.11 Å². The summed E-state index contributed by atoms with van der Waals surface area (Å²) in [7, 11) is -3.93. The molecule has 0 amide bonds. The Bertz CT molecular complexity index is 1620. The van der Waals surface area contributed by atoms with Crippen LogP contribution in [0.25, 0.3) is 22.3 Å². The van der Waals surface area contributed by atoms with Gasteiger partial charge in [0.25, 0.3) is 0 Å². The molecular formula is C28H29F3N6O2S. The molecule has 1 saturated heterocycles. The van der Waals surface area contributed by atoms with Crippen molar-refractivity contribution in [1.82, 2.24) is 20.3 Å². The van der Waals surface area contributed by atoms with Crippen LogP contribution < -0.4 is 15.4 Å². The minimum absolute atomic E-state index is 0.0128. The van der Waals surface area contributed by atoms with Crippen LogP contribution in [-0.2, 0) is 22.2 Å². The highest BCUT2D eigenvalue weighted by atomic mass is 32.2. The number of alkyl halides is 1. The largest absolute Gasteiger partial charge is 0.350 e. The van der Waals surface area contributed by atoms with E-state index in [0.717, 1.165) is 5.56 Å². The third kappa shape index (κ3) is 6.50. The van der Waals surface area contributed by atoms with Crippen molar-refractivity contribution >= 4 is 32.7 Å². The van der Waals surface area contributed by atoms with Crippen LogP contribution in [0.5, 0.6) is 0 Å². The second kappa shape index (κ2) is 11.8. The van der Waals surface area contributed by atoms with Crippen molar-refractivity contribution in [2.75, 3.05) is 29.8 Å². The zero-order valence-corrected chi connectivity index (χ0v) is 22.6.